The first-order valence-corrected chi connectivity index (χ1v) is 10.8. The molecule has 1 fully saturated rings. The number of hydrogen-bond acceptors (Lipinski definition) is 5. The first-order chi connectivity index (χ1) is 14.4. The van der Waals surface area contributed by atoms with E-state index in [-0.39, 0.29) is 17.8 Å². The minimum atomic E-state index is -0.342. The van der Waals surface area contributed by atoms with E-state index in [1.807, 2.05) is 20.8 Å². The zero-order valence-electron chi connectivity index (χ0n) is 16.9. The van der Waals surface area contributed by atoms with Crippen LogP contribution in [0.4, 0.5) is 10.1 Å². The van der Waals surface area contributed by atoms with Gasteiger partial charge in [-0.25, -0.2) is 9.38 Å². The van der Waals surface area contributed by atoms with E-state index in [1.165, 1.54) is 23.9 Å². The summed E-state index contributed by atoms with van der Waals surface area (Å²) in [7, 11) is 0. The van der Waals surface area contributed by atoms with E-state index in [2.05, 4.69) is 10.3 Å². The van der Waals surface area contributed by atoms with Gasteiger partial charge in [-0.05, 0) is 80.1 Å². The van der Waals surface area contributed by atoms with Crippen LogP contribution in [-0.2, 0) is 4.79 Å². The molecule has 1 atom stereocenters. The second-order valence-electron chi connectivity index (χ2n) is 6.56. The Morgan fingerprint density at radius 2 is 2.00 bits per heavy atom. The molecule has 1 aliphatic rings. The van der Waals surface area contributed by atoms with Crippen LogP contribution in [0.1, 0.15) is 32.8 Å². The fourth-order valence-electron chi connectivity index (χ4n) is 2.60. The number of carbonyl (C=O) groups excluding carboxylic acids is 1. The van der Waals surface area contributed by atoms with Gasteiger partial charge in [-0.2, -0.15) is 0 Å². The number of amidine groups is 1. The summed E-state index contributed by atoms with van der Waals surface area (Å²) >= 11 is 7.64. The van der Waals surface area contributed by atoms with Crippen molar-refractivity contribution in [2.75, 3.05) is 6.61 Å². The lowest BCUT2D eigenvalue weighted by atomic mass is 10.1. The van der Waals surface area contributed by atoms with Crippen LogP contribution in [0.2, 0.25) is 5.02 Å². The van der Waals surface area contributed by atoms with Gasteiger partial charge in [0.15, 0.2) is 16.7 Å². The van der Waals surface area contributed by atoms with Gasteiger partial charge in [0.2, 0.25) is 0 Å². The Kier molecular flexibility index (Phi) is 7.39. The van der Waals surface area contributed by atoms with Crippen molar-refractivity contribution in [3.8, 4) is 11.5 Å². The van der Waals surface area contributed by atoms with Gasteiger partial charge >= 0.3 is 0 Å². The Morgan fingerprint density at radius 3 is 2.67 bits per heavy atom. The molecule has 1 N–H and O–H groups in total. The van der Waals surface area contributed by atoms with Crippen molar-refractivity contribution < 1.29 is 18.7 Å². The van der Waals surface area contributed by atoms with Crippen molar-refractivity contribution in [2.45, 2.75) is 33.3 Å². The van der Waals surface area contributed by atoms with Gasteiger partial charge in [-0.1, -0.05) is 18.5 Å². The zero-order valence-corrected chi connectivity index (χ0v) is 18.4. The van der Waals surface area contributed by atoms with Crippen LogP contribution < -0.4 is 14.8 Å². The second-order valence-corrected chi connectivity index (χ2v) is 8.00. The van der Waals surface area contributed by atoms with Crippen molar-refractivity contribution in [1.29, 1.82) is 0 Å². The van der Waals surface area contributed by atoms with E-state index in [1.54, 1.807) is 30.3 Å². The molecule has 0 saturated carbocycles. The molecule has 0 aromatic heterocycles. The SMILES string of the molecule is CCOc1cc(/C=C2/SC(=Nc3ccc(F)cc3)NC2=O)cc(Cl)c1O[C@@H](C)CC. The third kappa shape index (κ3) is 5.55. The number of carbonyl (C=O) groups is 1. The molecule has 2 aromatic carbocycles. The Labute approximate surface area is 184 Å². The molecule has 0 aliphatic carbocycles. The highest BCUT2D eigenvalue weighted by atomic mass is 35.5. The van der Waals surface area contributed by atoms with E-state index in [0.717, 1.165) is 6.42 Å². The van der Waals surface area contributed by atoms with Gasteiger partial charge in [0.25, 0.3) is 5.91 Å². The summed E-state index contributed by atoms with van der Waals surface area (Å²) in [6, 6.07) is 9.25. The molecule has 158 valence electrons. The third-order valence-electron chi connectivity index (χ3n) is 4.23. The molecule has 1 heterocycles. The van der Waals surface area contributed by atoms with Crippen molar-refractivity contribution >= 4 is 46.2 Å². The Balaban J connectivity index is 1.86. The fraction of sp³-hybridized carbons (Fsp3) is 0.273. The van der Waals surface area contributed by atoms with E-state index < -0.39 is 0 Å². The predicted molar refractivity (Wildman–Crippen MR) is 120 cm³/mol. The number of thioether (sulfide) groups is 1. The molecule has 3 rings (SSSR count). The largest absolute Gasteiger partial charge is 0.490 e. The maximum absolute atomic E-state index is 13.0. The fourth-order valence-corrected chi connectivity index (χ4v) is 3.70. The van der Waals surface area contributed by atoms with Crippen molar-refractivity contribution in [3.05, 3.63) is 57.7 Å². The smallest absolute Gasteiger partial charge is 0.264 e. The minimum absolute atomic E-state index is 0.00712. The van der Waals surface area contributed by atoms with E-state index >= 15 is 0 Å². The number of nitrogens with zero attached hydrogens (tertiary/aromatic N) is 1. The molecule has 0 bridgehead atoms. The number of halogens is 2. The number of ether oxygens (including phenoxy) is 2. The quantitative estimate of drug-likeness (QED) is 0.532. The van der Waals surface area contributed by atoms with Crippen molar-refractivity contribution in [2.24, 2.45) is 4.99 Å². The van der Waals surface area contributed by atoms with Crippen molar-refractivity contribution in [1.82, 2.24) is 5.32 Å². The lowest BCUT2D eigenvalue weighted by molar-refractivity contribution is -0.115. The van der Waals surface area contributed by atoms with Crippen LogP contribution >= 0.6 is 23.4 Å². The number of nitrogens with one attached hydrogen (secondary N) is 1. The number of amides is 1. The summed E-state index contributed by atoms with van der Waals surface area (Å²) in [6.45, 7) is 6.32. The average Bonchev–Trinajstić information content (AvgIpc) is 3.05. The molecule has 0 unspecified atom stereocenters. The molecule has 2 aromatic rings. The number of aliphatic imine (C=N–C) groups is 1. The van der Waals surface area contributed by atoms with Crippen LogP contribution in [0.25, 0.3) is 6.08 Å². The lowest BCUT2D eigenvalue weighted by Gasteiger charge is -2.18. The van der Waals surface area contributed by atoms with Gasteiger partial charge < -0.3 is 14.8 Å². The van der Waals surface area contributed by atoms with E-state index in [0.29, 0.717) is 44.5 Å². The summed E-state index contributed by atoms with van der Waals surface area (Å²) in [6.07, 6.45) is 2.54. The van der Waals surface area contributed by atoms with Gasteiger partial charge in [0, 0.05) is 0 Å². The first-order valence-electron chi connectivity index (χ1n) is 9.57. The molecule has 5 nitrogen and oxygen atoms in total. The number of benzene rings is 2. The van der Waals surface area contributed by atoms with E-state index in [4.69, 9.17) is 21.1 Å². The summed E-state index contributed by atoms with van der Waals surface area (Å²) in [5.41, 5.74) is 1.26. The minimum Gasteiger partial charge on any atom is -0.490 e. The Bertz CT molecular complexity index is 993. The predicted octanol–water partition coefficient (Wildman–Crippen LogP) is 5.95. The highest BCUT2D eigenvalue weighted by Gasteiger charge is 2.24. The highest BCUT2D eigenvalue weighted by Crippen LogP contribution is 2.39. The summed E-state index contributed by atoms with van der Waals surface area (Å²) in [4.78, 5) is 17.1. The molecular weight excluding hydrogens is 427 g/mol. The van der Waals surface area contributed by atoms with Gasteiger partial charge in [-0.3, -0.25) is 4.79 Å². The monoisotopic (exact) mass is 448 g/mol. The normalized spacial score (nSPS) is 17.3. The topological polar surface area (TPSA) is 59.9 Å². The molecular formula is C22H22ClFN2O3S. The Morgan fingerprint density at radius 1 is 1.27 bits per heavy atom. The average molecular weight is 449 g/mol. The summed E-state index contributed by atoms with van der Waals surface area (Å²) in [5.74, 6) is 0.415. The van der Waals surface area contributed by atoms with Gasteiger partial charge in [0.05, 0.1) is 28.3 Å². The molecule has 1 amide bonds. The first kappa shape index (κ1) is 22.2. The molecule has 0 radical (unpaired) electrons. The van der Waals surface area contributed by atoms with E-state index in [9.17, 15) is 9.18 Å². The highest BCUT2D eigenvalue weighted by molar-refractivity contribution is 8.18. The van der Waals surface area contributed by atoms with Crippen LogP contribution in [0.5, 0.6) is 11.5 Å². The number of rotatable bonds is 7. The second kappa shape index (κ2) is 10.00. The number of hydrogen-bond donors (Lipinski definition) is 1. The molecule has 1 aliphatic heterocycles. The van der Waals surface area contributed by atoms with Crippen molar-refractivity contribution in [3.63, 3.8) is 0 Å². The molecule has 30 heavy (non-hydrogen) atoms. The Hall–Kier alpha value is -2.51. The maximum Gasteiger partial charge on any atom is 0.264 e. The molecule has 0 spiro atoms. The molecule has 8 heteroatoms. The van der Waals surface area contributed by atoms with Gasteiger partial charge in [-0.15, -0.1) is 0 Å². The van der Waals surface area contributed by atoms with Crippen LogP contribution in [0.15, 0.2) is 46.3 Å². The molecule has 1 saturated heterocycles. The maximum atomic E-state index is 13.0. The van der Waals surface area contributed by atoms with Crippen LogP contribution in [-0.4, -0.2) is 23.8 Å². The lowest BCUT2D eigenvalue weighted by Crippen LogP contribution is -2.19. The summed E-state index contributed by atoms with van der Waals surface area (Å²) in [5, 5.41) is 3.55. The zero-order chi connectivity index (χ0) is 21.7. The van der Waals surface area contributed by atoms with Crippen LogP contribution in [0, 0.1) is 5.82 Å². The summed E-state index contributed by atoms with van der Waals surface area (Å²) < 4.78 is 24.7. The van der Waals surface area contributed by atoms with Crippen LogP contribution in [0.3, 0.4) is 0 Å². The van der Waals surface area contributed by atoms with Gasteiger partial charge in [0.1, 0.15) is 5.82 Å². The standard InChI is InChI=1S/C22H22ClFN2O3S/c1-4-13(3)29-20-17(23)10-14(11-18(20)28-5-2)12-19-21(27)26-22(30-19)25-16-8-6-15(24)7-9-16/h6-13H,4-5H2,1-3H3,(H,25,26,27)/b19-12+/t13-/m0/s1. The third-order valence-corrected chi connectivity index (χ3v) is 5.42.